The summed E-state index contributed by atoms with van der Waals surface area (Å²) >= 11 is 0.972. The lowest BCUT2D eigenvalue weighted by atomic mass is 10.3. The van der Waals surface area contributed by atoms with Gasteiger partial charge in [0.05, 0.1) is 7.11 Å². The van der Waals surface area contributed by atoms with Gasteiger partial charge in [-0.3, -0.25) is 4.79 Å². The number of hydrogen-bond acceptors (Lipinski definition) is 4. The number of halogens is 2. The van der Waals surface area contributed by atoms with Crippen LogP contribution in [0.4, 0.5) is 8.78 Å². The maximum atomic E-state index is 13.2. The Morgan fingerprint density at radius 1 is 1.56 bits per heavy atom. The van der Waals surface area contributed by atoms with Crippen molar-refractivity contribution in [2.75, 3.05) is 12.9 Å². The molecule has 0 aliphatic carbocycles. The topological polar surface area (TPSA) is 52.3 Å². The molecule has 0 bridgehead atoms. The van der Waals surface area contributed by atoms with E-state index in [2.05, 4.69) is 4.74 Å². The molecular formula is C10H11F2NO2S. The second-order valence-electron chi connectivity index (χ2n) is 3.02. The molecule has 1 aromatic rings. The van der Waals surface area contributed by atoms with E-state index in [1.165, 1.54) is 7.11 Å². The molecule has 0 saturated carbocycles. The van der Waals surface area contributed by atoms with E-state index in [1.807, 2.05) is 0 Å². The molecule has 0 radical (unpaired) electrons. The van der Waals surface area contributed by atoms with Gasteiger partial charge in [-0.2, -0.15) is 0 Å². The van der Waals surface area contributed by atoms with E-state index >= 15 is 0 Å². The minimum Gasteiger partial charge on any atom is -0.468 e. The summed E-state index contributed by atoms with van der Waals surface area (Å²) in [6.07, 6.45) is 0. The van der Waals surface area contributed by atoms with E-state index in [1.54, 1.807) is 0 Å². The molecule has 88 valence electrons. The lowest BCUT2D eigenvalue weighted by molar-refractivity contribution is -0.141. The van der Waals surface area contributed by atoms with Gasteiger partial charge in [-0.15, -0.1) is 11.8 Å². The Kier molecular flexibility index (Phi) is 4.70. The van der Waals surface area contributed by atoms with E-state index in [4.69, 9.17) is 5.73 Å². The fourth-order valence-electron chi connectivity index (χ4n) is 0.987. The summed E-state index contributed by atoms with van der Waals surface area (Å²) in [6, 6.07) is 2.27. The molecule has 16 heavy (non-hydrogen) atoms. The summed E-state index contributed by atoms with van der Waals surface area (Å²) in [7, 11) is 1.22. The zero-order valence-corrected chi connectivity index (χ0v) is 9.39. The highest BCUT2D eigenvalue weighted by Gasteiger charge is 2.15. The monoisotopic (exact) mass is 247 g/mol. The number of hydrogen-bond donors (Lipinski definition) is 1. The second-order valence-corrected chi connectivity index (χ2v) is 4.08. The molecule has 1 rings (SSSR count). The SMILES string of the molecule is COC(=O)C(N)CSc1cc(F)ccc1F. The smallest absolute Gasteiger partial charge is 0.323 e. The molecule has 0 spiro atoms. The van der Waals surface area contributed by atoms with Crippen LogP contribution in [-0.2, 0) is 9.53 Å². The first-order valence-corrected chi connectivity index (χ1v) is 5.44. The molecule has 6 heteroatoms. The van der Waals surface area contributed by atoms with E-state index in [9.17, 15) is 13.6 Å². The maximum Gasteiger partial charge on any atom is 0.323 e. The number of methoxy groups -OCH3 is 1. The zero-order valence-electron chi connectivity index (χ0n) is 8.57. The summed E-state index contributed by atoms with van der Waals surface area (Å²) in [4.78, 5) is 11.1. The van der Waals surface area contributed by atoms with Crippen LogP contribution in [0.5, 0.6) is 0 Å². The first-order valence-electron chi connectivity index (χ1n) is 4.46. The van der Waals surface area contributed by atoms with Crippen LogP contribution in [0.25, 0.3) is 0 Å². The van der Waals surface area contributed by atoms with Crippen molar-refractivity contribution in [1.82, 2.24) is 0 Å². The first kappa shape index (κ1) is 12.9. The third-order valence-corrected chi connectivity index (χ3v) is 2.97. The van der Waals surface area contributed by atoms with Gasteiger partial charge in [0.25, 0.3) is 0 Å². The molecule has 0 aliphatic heterocycles. The number of carbonyl (C=O) groups is 1. The second kappa shape index (κ2) is 5.81. The summed E-state index contributed by atoms with van der Waals surface area (Å²) < 4.78 is 30.4. The number of rotatable bonds is 4. The minimum atomic E-state index is -0.849. The summed E-state index contributed by atoms with van der Waals surface area (Å²) in [5.41, 5.74) is 5.45. The van der Waals surface area contributed by atoms with Crippen LogP contribution in [0.15, 0.2) is 23.1 Å². The van der Waals surface area contributed by atoms with E-state index in [0.717, 1.165) is 30.0 Å². The van der Waals surface area contributed by atoms with Crippen LogP contribution in [0.2, 0.25) is 0 Å². The molecule has 0 saturated heterocycles. The number of ether oxygens (including phenoxy) is 1. The predicted octanol–water partition coefficient (Wildman–Crippen LogP) is 1.56. The highest BCUT2D eigenvalue weighted by atomic mass is 32.2. The molecule has 1 aromatic carbocycles. The van der Waals surface area contributed by atoms with Gasteiger partial charge >= 0.3 is 5.97 Å². The van der Waals surface area contributed by atoms with Gasteiger partial charge in [0, 0.05) is 10.6 Å². The van der Waals surface area contributed by atoms with E-state index < -0.39 is 23.6 Å². The molecule has 0 heterocycles. The third-order valence-electron chi connectivity index (χ3n) is 1.82. The summed E-state index contributed by atoms with van der Waals surface area (Å²) in [6.45, 7) is 0. The number of benzene rings is 1. The molecule has 0 aromatic heterocycles. The molecule has 1 unspecified atom stereocenters. The van der Waals surface area contributed by atoms with Crippen LogP contribution >= 0.6 is 11.8 Å². The highest BCUT2D eigenvalue weighted by molar-refractivity contribution is 7.99. The van der Waals surface area contributed by atoms with Crippen LogP contribution < -0.4 is 5.73 Å². The van der Waals surface area contributed by atoms with Gasteiger partial charge in [-0.1, -0.05) is 0 Å². The predicted molar refractivity (Wildman–Crippen MR) is 57.1 cm³/mol. The van der Waals surface area contributed by atoms with Crippen molar-refractivity contribution >= 4 is 17.7 Å². The van der Waals surface area contributed by atoms with E-state index in [0.29, 0.717) is 0 Å². The van der Waals surface area contributed by atoms with Crippen molar-refractivity contribution in [1.29, 1.82) is 0 Å². The Hall–Kier alpha value is -1.14. The van der Waals surface area contributed by atoms with Gasteiger partial charge in [-0.05, 0) is 18.2 Å². The Morgan fingerprint density at radius 3 is 2.88 bits per heavy atom. The van der Waals surface area contributed by atoms with Crippen molar-refractivity contribution in [2.45, 2.75) is 10.9 Å². The first-order chi connectivity index (χ1) is 7.54. The van der Waals surface area contributed by atoms with Crippen molar-refractivity contribution in [3.8, 4) is 0 Å². The lowest BCUT2D eigenvalue weighted by Gasteiger charge is -2.09. The Bertz CT molecular complexity index is 387. The summed E-state index contributed by atoms with van der Waals surface area (Å²) in [5.74, 6) is -1.52. The number of thioether (sulfide) groups is 1. The van der Waals surface area contributed by atoms with E-state index in [-0.39, 0.29) is 10.6 Å². The molecule has 1 atom stereocenters. The molecule has 2 N–H and O–H groups in total. The summed E-state index contributed by atoms with van der Waals surface area (Å²) in [5, 5.41) is 0. The fourth-order valence-corrected chi connectivity index (χ4v) is 1.88. The van der Waals surface area contributed by atoms with Crippen molar-refractivity contribution in [3.63, 3.8) is 0 Å². The highest BCUT2D eigenvalue weighted by Crippen LogP contribution is 2.23. The van der Waals surface area contributed by atoms with Gasteiger partial charge < -0.3 is 10.5 Å². The standard InChI is InChI=1S/C10H11F2NO2S/c1-15-10(14)8(13)5-16-9-4-6(11)2-3-7(9)12/h2-4,8H,5,13H2,1H3. The number of carbonyl (C=O) groups excluding carboxylic acids is 1. The Labute approximate surface area is 96.0 Å². The molecular weight excluding hydrogens is 236 g/mol. The van der Waals surface area contributed by atoms with Gasteiger partial charge in [0.15, 0.2) is 0 Å². The van der Waals surface area contributed by atoms with Gasteiger partial charge in [-0.25, -0.2) is 8.78 Å². The van der Waals surface area contributed by atoms with Gasteiger partial charge in [0.1, 0.15) is 17.7 Å². The van der Waals surface area contributed by atoms with Crippen LogP contribution in [-0.4, -0.2) is 24.9 Å². The maximum absolute atomic E-state index is 13.2. The third kappa shape index (κ3) is 3.46. The molecule has 0 amide bonds. The van der Waals surface area contributed by atoms with Crippen molar-refractivity contribution < 1.29 is 18.3 Å². The number of nitrogens with two attached hydrogens (primary N) is 1. The Balaban J connectivity index is 2.60. The zero-order chi connectivity index (χ0) is 12.1. The fraction of sp³-hybridized carbons (Fsp3) is 0.300. The van der Waals surface area contributed by atoms with Crippen LogP contribution in [0.1, 0.15) is 0 Å². The average Bonchev–Trinajstić information content (AvgIpc) is 2.28. The van der Waals surface area contributed by atoms with Crippen molar-refractivity contribution in [3.05, 3.63) is 29.8 Å². The molecule has 3 nitrogen and oxygen atoms in total. The lowest BCUT2D eigenvalue weighted by Crippen LogP contribution is -2.33. The molecule has 0 aliphatic rings. The average molecular weight is 247 g/mol. The minimum absolute atomic E-state index is 0.124. The quantitative estimate of drug-likeness (QED) is 0.648. The van der Waals surface area contributed by atoms with Gasteiger partial charge in [0.2, 0.25) is 0 Å². The molecule has 0 fully saturated rings. The van der Waals surface area contributed by atoms with Crippen LogP contribution in [0.3, 0.4) is 0 Å². The van der Waals surface area contributed by atoms with Crippen molar-refractivity contribution in [2.24, 2.45) is 5.73 Å². The number of esters is 1. The van der Waals surface area contributed by atoms with Crippen LogP contribution in [0, 0.1) is 11.6 Å². The normalized spacial score (nSPS) is 12.2. The largest absolute Gasteiger partial charge is 0.468 e. The Morgan fingerprint density at radius 2 is 2.25 bits per heavy atom.